The third-order valence-electron chi connectivity index (χ3n) is 4.58. The SMILES string of the molecule is CCCS(=O)(=O)C(C)C(=O)NC(C)C(c1ccccc1)c1ccccc1. The number of carbonyl (C=O) groups is 1. The van der Waals surface area contributed by atoms with Crippen molar-refractivity contribution >= 4 is 15.7 Å². The molecule has 0 aromatic heterocycles. The van der Waals surface area contributed by atoms with Gasteiger partial charge in [-0.3, -0.25) is 4.79 Å². The van der Waals surface area contributed by atoms with E-state index >= 15 is 0 Å². The molecule has 4 nitrogen and oxygen atoms in total. The lowest BCUT2D eigenvalue weighted by molar-refractivity contribution is -0.121. The van der Waals surface area contributed by atoms with Crippen LogP contribution >= 0.6 is 0 Å². The monoisotopic (exact) mass is 373 g/mol. The van der Waals surface area contributed by atoms with Gasteiger partial charge in [0.1, 0.15) is 5.25 Å². The molecule has 5 heteroatoms. The number of amides is 1. The van der Waals surface area contributed by atoms with Crippen LogP contribution in [0.2, 0.25) is 0 Å². The third-order valence-corrected chi connectivity index (χ3v) is 6.85. The van der Waals surface area contributed by atoms with Crippen LogP contribution in [0, 0.1) is 0 Å². The van der Waals surface area contributed by atoms with Crippen molar-refractivity contribution in [2.45, 2.75) is 44.4 Å². The highest BCUT2D eigenvalue weighted by molar-refractivity contribution is 7.92. The third kappa shape index (κ3) is 4.94. The fourth-order valence-corrected chi connectivity index (χ4v) is 4.46. The maximum Gasteiger partial charge on any atom is 0.238 e. The summed E-state index contributed by atoms with van der Waals surface area (Å²) in [5, 5.41) is 1.88. The molecule has 2 atom stereocenters. The summed E-state index contributed by atoms with van der Waals surface area (Å²) in [6.07, 6.45) is 0.506. The molecule has 0 radical (unpaired) electrons. The molecule has 1 N–H and O–H groups in total. The van der Waals surface area contributed by atoms with Crippen molar-refractivity contribution < 1.29 is 13.2 Å². The highest BCUT2D eigenvalue weighted by Crippen LogP contribution is 2.28. The van der Waals surface area contributed by atoms with Crippen LogP contribution in [0.5, 0.6) is 0 Å². The van der Waals surface area contributed by atoms with E-state index in [0.29, 0.717) is 6.42 Å². The largest absolute Gasteiger partial charge is 0.352 e. The molecule has 2 rings (SSSR count). The van der Waals surface area contributed by atoms with Crippen molar-refractivity contribution in [3.63, 3.8) is 0 Å². The normalized spacial score (nSPS) is 14.0. The first-order chi connectivity index (χ1) is 12.4. The zero-order chi connectivity index (χ0) is 19.2. The molecule has 2 unspecified atom stereocenters. The number of hydrogen-bond donors (Lipinski definition) is 1. The number of sulfone groups is 1. The van der Waals surface area contributed by atoms with E-state index in [-0.39, 0.29) is 17.7 Å². The Morgan fingerprint density at radius 1 is 0.923 bits per heavy atom. The average molecular weight is 374 g/mol. The Hall–Kier alpha value is -2.14. The van der Waals surface area contributed by atoms with Gasteiger partial charge in [0.25, 0.3) is 0 Å². The smallest absolute Gasteiger partial charge is 0.238 e. The quantitative estimate of drug-likeness (QED) is 0.770. The van der Waals surface area contributed by atoms with Crippen LogP contribution in [-0.2, 0) is 14.6 Å². The minimum Gasteiger partial charge on any atom is -0.352 e. The second kappa shape index (κ2) is 8.99. The zero-order valence-corrected chi connectivity index (χ0v) is 16.4. The zero-order valence-electron chi connectivity index (χ0n) is 15.6. The second-order valence-corrected chi connectivity index (χ2v) is 9.05. The topological polar surface area (TPSA) is 63.2 Å². The van der Waals surface area contributed by atoms with Crippen molar-refractivity contribution in [1.29, 1.82) is 0 Å². The highest BCUT2D eigenvalue weighted by Gasteiger charge is 2.30. The summed E-state index contributed by atoms with van der Waals surface area (Å²) >= 11 is 0. The van der Waals surface area contributed by atoms with E-state index in [2.05, 4.69) is 5.32 Å². The van der Waals surface area contributed by atoms with Crippen LogP contribution in [0.4, 0.5) is 0 Å². The maximum absolute atomic E-state index is 12.6. The van der Waals surface area contributed by atoms with Gasteiger partial charge >= 0.3 is 0 Å². The molecule has 0 heterocycles. The van der Waals surface area contributed by atoms with Crippen molar-refractivity contribution in [2.75, 3.05) is 5.75 Å². The van der Waals surface area contributed by atoms with Gasteiger partial charge in [-0.15, -0.1) is 0 Å². The van der Waals surface area contributed by atoms with Crippen molar-refractivity contribution in [1.82, 2.24) is 5.32 Å². The maximum atomic E-state index is 12.6. The fourth-order valence-electron chi connectivity index (χ4n) is 3.14. The summed E-state index contributed by atoms with van der Waals surface area (Å²) in [5.74, 6) is -0.471. The van der Waals surface area contributed by atoms with Crippen LogP contribution in [0.1, 0.15) is 44.2 Å². The lowest BCUT2D eigenvalue weighted by atomic mass is 9.86. The Kier molecular flexibility index (Phi) is 6.98. The Morgan fingerprint density at radius 2 is 1.38 bits per heavy atom. The Balaban J connectivity index is 2.25. The summed E-state index contributed by atoms with van der Waals surface area (Å²) in [5.41, 5.74) is 2.16. The lowest BCUT2D eigenvalue weighted by Gasteiger charge is -2.27. The molecule has 0 bridgehead atoms. The number of rotatable bonds is 8. The van der Waals surface area contributed by atoms with Gasteiger partial charge in [0.05, 0.1) is 5.75 Å². The molecular formula is C21H27NO3S. The Morgan fingerprint density at radius 3 is 1.81 bits per heavy atom. The molecule has 0 saturated carbocycles. The van der Waals surface area contributed by atoms with Gasteiger partial charge in [-0.25, -0.2) is 8.42 Å². The first kappa shape index (κ1) is 20.2. The van der Waals surface area contributed by atoms with Crippen LogP contribution in [0.3, 0.4) is 0 Å². The predicted molar refractivity (Wildman–Crippen MR) is 106 cm³/mol. The lowest BCUT2D eigenvalue weighted by Crippen LogP contribution is -2.45. The minimum absolute atomic E-state index is 0.0246. The number of carbonyl (C=O) groups excluding carboxylic acids is 1. The second-order valence-electron chi connectivity index (χ2n) is 6.61. The molecule has 0 fully saturated rings. The summed E-state index contributed by atoms with van der Waals surface area (Å²) in [7, 11) is -3.42. The van der Waals surface area contributed by atoms with Gasteiger partial charge in [0, 0.05) is 12.0 Å². The van der Waals surface area contributed by atoms with E-state index in [1.165, 1.54) is 6.92 Å². The number of nitrogens with one attached hydrogen (secondary N) is 1. The van der Waals surface area contributed by atoms with Crippen LogP contribution in [-0.4, -0.2) is 31.4 Å². The summed E-state index contributed by atoms with van der Waals surface area (Å²) in [6.45, 7) is 5.18. The first-order valence-electron chi connectivity index (χ1n) is 8.98. The van der Waals surface area contributed by atoms with Gasteiger partial charge in [-0.2, -0.15) is 0 Å². The minimum atomic E-state index is -3.42. The average Bonchev–Trinajstić information content (AvgIpc) is 2.63. The fraction of sp³-hybridized carbons (Fsp3) is 0.381. The number of hydrogen-bond acceptors (Lipinski definition) is 3. The Bertz CT molecular complexity index is 764. The van der Waals surface area contributed by atoms with Gasteiger partial charge in [0.15, 0.2) is 9.84 Å². The van der Waals surface area contributed by atoms with Crippen LogP contribution < -0.4 is 5.32 Å². The van der Waals surface area contributed by atoms with E-state index in [1.807, 2.05) is 67.6 Å². The van der Waals surface area contributed by atoms with Crippen molar-refractivity contribution in [3.05, 3.63) is 71.8 Å². The van der Waals surface area contributed by atoms with Crippen molar-refractivity contribution in [3.8, 4) is 0 Å². The number of benzene rings is 2. The first-order valence-corrected chi connectivity index (χ1v) is 10.7. The predicted octanol–water partition coefficient (Wildman–Crippen LogP) is 3.54. The van der Waals surface area contributed by atoms with E-state index in [4.69, 9.17) is 0 Å². The van der Waals surface area contributed by atoms with Gasteiger partial charge in [-0.1, -0.05) is 67.6 Å². The van der Waals surface area contributed by atoms with E-state index in [0.717, 1.165) is 11.1 Å². The molecule has 0 aliphatic rings. The van der Waals surface area contributed by atoms with E-state index in [9.17, 15) is 13.2 Å². The standard InChI is InChI=1S/C21H27NO3S/c1-4-15-26(24,25)17(3)21(23)22-16(2)20(18-11-7-5-8-12-18)19-13-9-6-10-14-19/h5-14,16-17,20H,4,15H2,1-3H3,(H,22,23). The summed E-state index contributed by atoms with van der Waals surface area (Å²) in [6, 6.07) is 19.6. The molecule has 0 saturated heterocycles. The van der Waals surface area contributed by atoms with Crippen LogP contribution in [0.15, 0.2) is 60.7 Å². The van der Waals surface area contributed by atoms with Gasteiger partial charge < -0.3 is 5.32 Å². The van der Waals surface area contributed by atoms with Crippen molar-refractivity contribution in [2.24, 2.45) is 0 Å². The molecular weight excluding hydrogens is 346 g/mol. The molecule has 140 valence electrons. The summed E-state index contributed by atoms with van der Waals surface area (Å²) in [4.78, 5) is 12.6. The summed E-state index contributed by atoms with van der Waals surface area (Å²) < 4.78 is 24.4. The van der Waals surface area contributed by atoms with Crippen LogP contribution in [0.25, 0.3) is 0 Å². The molecule has 26 heavy (non-hydrogen) atoms. The van der Waals surface area contributed by atoms with Gasteiger partial charge in [0.2, 0.25) is 5.91 Å². The molecule has 0 aliphatic heterocycles. The molecule has 0 spiro atoms. The van der Waals surface area contributed by atoms with E-state index in [1.54, 1.807) is 6.92 Å². The van der Waals surface area contributed by atoms with Gasteiger partial charge in [-0.05, 0) is 31.4 Å². The molecule has 2 aromatic carbocycles. The highest BCUT2D eigenvalue weighted by atomic mass is 32.2. The molecule has 2 aromatic rings. The Labute approximate surface area is 156 Å². The molecule has 1 amide bonds. The van der Waals surface area contributed by atoms with E-state index < -0.39 is 21.0 Å². The molecule has 0 aliphatic carbocycles.